The molecule has 0 aromatic heterocycles. The van der Waals surface area contributed by atoms with Crippen LogP contribution in [0.4, 0.5) is 0 Å². The van der Waals surface area contributed by atoms with Crippen LogP contribution in [0.1, 0.15) is 50.0 Å². The minimum atomic E-state index is 0.232. The van der Waals surface area contributed by atoms with Crippen molar-refractivity contribution in [3.8, 4) is 0 Å². The van der Waals surface area contributed by atoms with E-state index in [1.54, 1.807) is 0 Å². The molecule has 1 aliphatic heterocycles. The molecule has 3 nitrogen and oxygen atoms in total. The average Bonchev–Trinajstić information content (AvgIpc) is 3.00. The summed E-state index contributed by atoms with van der Waals surface area (Å²) in [5.41, 5.74) is 7.54. The molecule has 1 saturated heterocycles. The summed E-state index contributed by atoms with van der Waals surface area (Å²) < 4.78 is 0. The minimum Gasteiger partial charge on any atom is -0.342 e. The van der Waals surface area contributed by atoms with Gasteiger partial charge in [0.05, 0.1) is 0 Å². The van der Waals surface area contributed by atoms with Crippen molar-refractivity contribution < 1.29 is 4.79 Å². The maximum atomic E-state index is 12.5. The Morgan fingerprint density at radius 1 is 1.14 bits per heavy atom. The fraction of sp³-hybridized carbons (Fsp3) is 0.611. The monoisotopic (exact) mass is 286 g/mol. The third-order valence-electron chi connectivity index (χ3n) is 5.22. The Morgan fingerprint density at radius 3 is 2.67 bits per heavy atom. The normalized spacial score (nSPS) is 29.6. The number of amides is 1. The van der Waals surface area contributed by atoms with E-state index >= 15 is 0 Å². The lowest BCUT2D eigenvalue weighted by atomic mass is 9.83. The van der Waals surface area contributed by atoms with Crippen molar-refractivity contribution in [1.29, 1.82) is 0 Å². The Morgan fingerprint density at radius 2 is 1.90 bits per heavy atom. The Balaban J connectivity index is 1.54. The molecule has 2 aliphatic rings. The van der Waals surface area contributed by atoms with Crippen LogP contribution >= 0.6 is 0 Å². The number of nitrogens with two attached hydrogens (primary N) is 1. The highest BCUT2D eigenvalue weighted by Gasteiger charge is 2.30. The van der Waals surface area contributed by atoms with Crippen LogP contribution < -0.4 is 5.73 Å². The van der Waals surface area contributed by atoms with Crippen LogP contribution in [-0.2, 0) is 4.79 Å². The van der Waals surface area contributed by atoms with E-state index in [1.165, 1.54) is 18.4 Å². The summed E-state index contributed by atoms with van der Waals surface area (Å²) in [6, 6.07) is 10.8. The first-order chi connectivity index (χ1) is 10.2. The van der Waals surface area contributed by atoms with E-state index < -0.39 is 0 Å². The zero-order valence-corrected chi connectivity index (χ0v) is 12.7. The van der Waals surface area contributed by atoms with E-state index in [1.807, 2.05) is 6.07 Å². The zero-order valence-electron chi connectivity index (χ0n) is 12.7. The van der Waals surface area contributed by atoms with Gasteiger partial charge < -0.3 is 10.6 Å². The molecule has 0 spiro atoms. The van der Waals surface area contributed by atoms with E-state index in [9.17, 15) is 4.79 Å². The number of nitrogens with zero attached hydrogens (tertiary/aromatic N) is 1. The molecule has 0 bridgehead atoms. The highest BCUT2D eigenvalue weighted by Crippen LogP contribution is 2.30. The van der Waals surface area contributed by atoms with E-state index in [4.69, 9.17) is 5.73 Å². The molecule has 1 saturated carbocycles. The summed E-state index contributed by atoms with van der Waals surface area (Å²) in [6.45, 7) is 1.78. The second-order valence-electron chi connectivity index (χ2n) is 6.65. The maximum absolute atomic E-state index is 12.5. The number of likely N-dealkylation sites (tertiary alicyclic amines) is 1. The van der Waals surface area contributed by atoms with Gasteiger partial charge in [-0.3, -0.25) is 4.79 Å². The first-order valence-corrected chi connectivity index (χ1v) is 8.32. The van der Waals surface area contributed by atoms with Gasteiger partial charge in [-0.1, -0.05) is 43.2 Å². The van der Waals surface area contributed by atoms with Crippen molar-refractivity contribution >= 4 is 5.91 Å². The number of benzene rings is 1. The van der Waals surface area contributed by atoms with Crippen molar-refractivity contribution in [2.45, 2.75) is 50.5 Å². The first-order valence-electron chi connectivity index (χ1n) is 8.32. The molecule has 114 valence electrons. The lowest BCUT2D eigenvalue weighted by molar-refractivity contribution is -0.131. The van der Waals surface area contributed by atoms with Crippen LogP contribution in [0.15, 0.2) is 30.3 Å². The second-order valence-corrected chi connectivity index (χ2v) is 6.65. The fourth-order valence-electron chi connectivity index (χ4n) is 3.83. The third kappa shape index (κ3) is 3.46. The molecule has 2 fully saturated rings. The van der Waals surface area contributed by atoms with Gasteiger partial charge in [-0.2, -0.15) is 0 Å². The van der Waals surface area contributed by atoms with E-state index in [-0.39, 0.29) is 6.04 Å². The Hall–Kier alpha value is -1.35. The molecule has 1 aliphatic carbocycles. The van der Waals surface area contributed by atoms with Gasteiger partial charge in [-0.05, 0) is 30.7 Å². The van der Waals surface area contributed by atoms with Gasteiger partial charge >= 0.3 is 0 Å². The molecule has 1 aromatic carbocycles. The fourth-order valence-corrected chi connectivity index (χ4v) is 3.83. The highest BCUT2D eigenvalue weighted by atomic mass is 16.2. The van der Waals surface area contributed by atoms with Crippen LogP contribution in [0, 0.1) is 5.92 Å². The zero-order chi connectivity index (χ0) is 14.7. The SMILES string of the molecule is NC1CCCCC1CC(=O)N1CCC(c2ccccc2)C1. The number of carbonyl (C=O) groups excluding carboxylic acids is 1. The van der Waals surface area contributed by atoms with Crippen molar-refractivity contribution in [3.05, 3.63) is 35.9 Å². The average molecular weight is 286 g/mol. The summed E-state index contributed by atoms with van der Waals surface area (Å²) in [4.78, 5) is 14.6. The van der Waals surface area contributed by atoms with Crippen molar-refractivity contribution in [2.75, 3.05) is 13.1 Å². The van der Waals surface area contributed by atoms with Gasteiger partial charge in [0.2, 0.25) is 5.91 Å². The predicted molar refractivity (Wildman–Crippen MR) is 84.9 cm³/mol. The van der Waals surface area contributed by atoms with E-state index in [0.717, 1.165) is 32.4 Å². The number of rotatable bonds is 3. The van der Waals surface area contributed by atoms with Gasteiger partial charge in [0.25, 0.3) is 0 Å². The van der Waals surface area contributed by atoms with Crippen LogP contribution in [0.3, 0.4) is 0 Å². The largest absolute Gasteiger partial charge is 0.342 e. The molecule has 3 heteroatoms. The molecule has 21 heavy (non-hydrogen) atoms. The lowest BCUT2D eigenvalue weighted by Crippen LogP contribution is -2.38. The van der Waals surface area contributed by atoms with Gasteiger partial charge in [0, 0.05) is 31.5 Å². The topological polar surface area (TPSA) is 46.3 Å². The summed E-state index contributed by atoms with van der Waals surface area (Å²) in [5.74, 6) is 1.23. The number of hydrogen-bond acceptors (Lipinski definition) is 2. The summed E-state index contributed by atoms with van der Waals surface area (Å²) in [7, 11) is 0. The molecule has 0 radical (unpaired) electrons. The lowest BCUT2D eigenvalue weighted by Gasteiger charge is -2.29. The molecule has 1 amide bonds. The van der Waals surface area contributed by atoms with Crippen LogP contribution in [0.2, 0.25) is 0 Å². The van der Waals surface area contributed by atoms with Crippen molar-refractivity contribution in [2.24, 2.45) is 11.7 Å². The third-order valence-corrected chi connectivity index (χ3v) is 5.22. The van der Waals surface area contributed by atoms with E-state index in [2.05, 4.69) is 29.2 Å². The Labute approximate surface area is 127 Å². The molecule has 3 unspecified atom stereocenters. The van der Waals surface area contributed by atoms with Crippen LogP contribution in [0.5, 0.6) is 0 Å². The highest BCUT2D eigenvalue weighted by molar-refractivity contribution is 5.77. The predicted octanol–water partition coefficient (Wildman–Crippen LogP) is 2.91. The molecule has 1 aromatic rings. The maximum Gasteiger partial charge on any atom is 0.222 e. The summed E-state index contributed by atoms with van der Waals surface area (Å²) in [5, 5.41) is 0. The smallest absolute Gasteiger partial charge is 0.222 e. The summed E-state index contributed by atoms with van der Waals surface area (Å²) >= 11 is 0. The number of carbonyl (C=O) groups is 1. The quantitative estimate of drug-likeness (QED) is 0.928. The van der Waals surface area contributed by atoms with Crippen molar-refractivity contribution in [3.63, 3.8) is 0 Å². The molecule has 3 atom stereocenters. The second kappa shape index (κ2) is 6.61. The van der Waals surface area contributed by atoms with Crippen LogP contribution in [0.25, 0.3) is 0 Å². The van der Waals surface area contributed by atoms with Crippen molar-refractivity contribution in [1.82, 2.24) is 4.90 Å². The van der Waals surface area contributed by atoms with Gasteiger partial charge in [0.15, 0.2) is 0 Å². The minimum absolute atomic E-state index is 0.232. The number of hydrogen-bond donors (Lipinski definition) is 1. The molecule has 3 rings (SSSR count). The molecule has 2 N–H and O–H groups in total. The Kier molecular flexibility index (Phi) is 4.59. The molecular weight excluding hydrogens is 260 g/mol. The summed E-state index contributed by atoms with van der Waals surface area (Å²) in [6.07, 6.45) is 6.42. The first kappa shape index (κ1) is 14.6. The van der Waals surface area contributed by atoms with Gasteiger partial charge in [-0.15, -0.1) is 0 Å². The van der Waals surface area contributed by atoms with Crippen LogP contribution in [-0.4, -0.2) is 29.9 Å². The van der Waals surface area contributed by atoms with E-state index in [0.29, 0.717) is 24.2 Å². The molecular formula is C18H26N2O. The van der Waals surface area contributed by atoms with Gasteiger partial charge in [0.1, 0.15) is 0 Å². The van der Waals surface area contributed by atoms with Gasteiger partial charge in [-0.25, -0.2) is 0 Å². The molecule has 1 heterocycles. The standard InChI is InChI=1S/C18H26N2O/c19-17-9-5-4-8-15(17)12-18(21)20-11-10-16(13-20)14-6-2-1-3-7-14/h1-3,6-7,15-17H,4-5,8-13,19H2. The Bertz CT molecular complexity index is 473.